The molecule has 1 aliphatic heterocycles. The van der Waals surface area contributed by atoms with Crippen molar-refractivity contribution in [3.05, 3.63) is 54.1 Å². The van der Waals surface area contributed by atoms with Gasteiger partial charge in [-0.2, -0.15) is 5.06 Å². The van der Waals surface area contributed by atoms with Gasteiger partial charge in [0.05, 0.1) is 18.8 Å². The van der Waals surface area contributed by atoms with Gasteiger partial charge in [0.15, 0.2) is 0 Å². The number of rotatable bonds is 3. The van der Waals surface area contributed by atoms with Gasteiger partial charge in [-0.3, -0.25) is 10.2 Å². The van der Waals surface area contributed by atoms with E-state index in [0.29, 0.717) is 18.8 Å². The van der Waals surface area contributed by atoms with Crippen LogP contribution >= 0.6 is 0 Å². The Morgan fingerprint density at radius 2 is 1.80 bits per heavy atom. The van der Waals surface area contributed by atoms with Crippen LogP contribution in [0.4, 0.5) is 13.2 Å². The lowest BCUT2D eigenvalue weighted by atomic mass is 9.90. The second-order valence-corrected chi connectivity index (χ2v) is 6.22. The van der Waals surface area contributed by atoms with Crippen LogP contribution in [-0.2, 0) is 10.4 Å². The minimum absolute atomic E-state index is 0.234. The number of ether oxygens (including phenoxy) is 1. The molecule has 1 aliphatic rings. The lowest BCUT2D eigenvalue weighted by molar-refractivity contribution is -0.274. The molecule has 0 spiro atoms. The van der Waals surface area contributed by atoms with Gasteiger partial charge in [0.2, 0.25) is 0 Å². The highest BCUT2D eigenvalue weighted by atomic mass is 19.4. The molecule has 1 saturated heterocycles. The summed E-state index contributed by atoms with van der Waals surface area (Å²) in [5, 5.41) is 5.12. The van der Waals surface area contributed by atoms with E-state index in [1.54, 1.807) is 17.2 Å². The maximum atomic E-state index is 12.4. The molecule has 1 unspecified atom stereocenters. The number of hydrogen-bond donors (Lipinski definition) is 1. The third-order valence-corrected chi connectivity index (χ3v) is 4.17. The predicted octanol–water partition coefficient (Wildman–Crippen LogP) is 3.89. The summed E-state index contributed by atoms with van der Waals surface area (Å²) in [5.74, 6) is -0.234. The molecule has 3 rings (SSSR count). The molecule has 2 aromatic rings. The summed E-state index contributed by atoms with van der Waals surface area (Å²) in [6, 6.07) is 13.6. The van der Waals surface area contributed by atoms with Crippen LogP contribution in [0.15, 0.2) is 48.5 Å². The fourth-order valence-corrected chi connectivity index (χ4v) is 2.72. The van der Waals surface area contributed by atoms with Gasteiger partial charge in [-0.1, -0.05) is 30.3 Å². The van der Waals surface area contributed by atoms with E-state index in [2.05, 4.69) is 10.1 Å². The smallest absolute Gasteiger partial charge is 0.406 e. The third-order valence-electron chi connectivity index (χ3n) is 4.17. The van der Waals surface area contributed by atoms with Crippen LogP contribution in [0.3, 0.4) is 0 Å². The third kappa shape index (κ3) is 4.31. The highest BCUT2D eigenvalue weighted by Crippen LogP contribution is 2.31. The lowest BCUT2D eigenvalue weighted by Gasteiger charge is -2.39. The minimum Gasteiger partial charge on any atom is -0.406 e. The normalized spacial score (nSPS) is 22.0. The summed E-state index contributed by atoms with van der Waals surface area (Å²) >= 11 is 0. The monoisotopic (exact) mass is 352 g/mol. The average Bonchev–Trinajstić information content (AvgIpc) is 2.57. The molecule has 0 aliphatic carbocycles. The maximum absolute atomic E-state index is 12.4. The number of nitrogens with one attached hydrogen (secondary N) is 1. The van der Waals surface area contributed by atoms with Gasteiger partial charge < -0.3 is 4.74 Å². The highest BCUT2D eigenvalue weighted by Gasteiger charge is 2.32. The van der Waals surface area contributed by atoms with Crippen molar-refractivity contribution in [1.82, 2.24) is 10.4 Å². The molecule has 25 heavy (non-hydrogen) atoms. The van der Waals surface area contributed by atoms with Gasteiger partial charge in [0, 0.05) is 7.05 Å². The first-order valence-corrected chi connectivity index (χ1v) is 7.81. The molecule has 1 heterocycles. The first-order valence-electron chi connectivity index (χ1n) is 7.81. The Balaban J connectivity index is 1.88. The van der Waals surface area contributed by atoms with Crippen molar-refractivity contribution in [2.75, 3.05) is 20.3 Å². The standard InChI is InChI=1S/C18H19F3N2O2/c1-17(11-24-23(2)12-22-17)15-7-3-5-13(9-15)14-6-4-8-16(10-14)25-18(19,20)21/h3-10,22H,11-12H2,1-2H3. The number of hydrogen-bond acceptors (Lipinski definition) is 4. The molecule has 4 nitrogen and oxygen atoms in total. The van der Waals surface area contributed by atoms with Gasteiger partial charge in [-0.15, -0.1) is 13.2 Å². The quantitative estimate of drug-likeness (QED) is 0.909. The van der Waals surface area contributed by atoms with Crippen molar-refractivity contribution in [1.29, 1.82) is 0 Å². The van der Waals surface area contributed by atoms with Crippen LogP contribution in [0.25, 0.3) is 11.1 Å². The number of alkyl halides is 3. The molecule has 2 aromatic carbocycles. The van der Waals surface area contributed by atoms with Crippen LogP contribution < -0.4 is 10.1 Å². The Morgan fingerprint density at radius 1 is 1.12 bits per heavy atom. The summed E-state index contributed by atoms with van der Waals surface area (Å²) in [5.41, 5.74) is 2.09. The van der Waals surface area contributed by atoms with Crippen LogP contribution in [-0.4, -0.2) is 31.7 Å². The number of benzene rings is 2. The number of halogens is 3. The summed E-state index contributed by atoms with van der Waals surface area (Å²) in [6.07, 6.45) is -4.71. The van der Waals surface area contributed by atoms with Crippen LogP contribution in [0.1, 0.15) is 12.5 Å². The van der Waals surface area contributed by atoms with Crippen LogP contribution in [0.2, 0.25) is 0 Å². The van der Waals surface area contributed by atoms with E-state index in [1.807, 2.05) is 38.2 Å². The predicted molar refractivity (Wildman–Crippen MR) is 87.6 cm³/mol. The fourth-order valence-electron chi connectivity index (χ4n) is 2.72. The second-order valence-electron chi connectivity index (χ2n) is 6.22. The zero-order valence-electron chi connectivity index (χ0n) is 13.9. The first kappa shape index (κ1) is 17.7. The molecule has 1 N–H and O–H groups in total. The number of hydroxylamine groups is 2. The van der Waals surface area contributed by atoms with Gasteiger partial charge in [-0.25, -0.2) is 0 Å². The topological polar surface area (TPSA) is 33.7 Å². The van der Waals surface area contributed by atoms with Crippen molar-refractivity contribution < 1.29 is 22.7 Å². The van der Waals surface area contributed by atoms with Gasteiger partial charge in [0.25, 0.3) is 0 Å². The molecular formula is C18H19F3N2O2. The molecule has 0 bridgehead atoms. The summed E-state index contributed by atoms with van der Waals surface area (Å²) < 4.78 is 41.3. The Hall–Kier alpha value is -2.09. The van der Waals surface area contributed by atoms with E-state index >= 15 is 0 Å². The van der Waals surface area contributed by atoms with Crippen molar-refractivity contribution in [2.45, 2.75) is 18.8 Å². The molecule has 0 amide bonds. The lowest BCUT2D eigenvalue weighted by Crippen LogP contribution is -2.54. The van der Waals surface area contributed by atoms with E-state index in [0.717, 1.165) is 11.1 Å². The van der Waals surface area contributed by atoms with E-state index in [1.165, 1.54) is 12.1 Å². The zero-order chi connectivity index (χ0) is 18.1. The van der Waals surface area contributed by atoms with Crippen molar-refractivity contribution >= 4 is 0 Å². The van der Waals surface area contributed by atoms with E-state index < -0.39 is 6.36 Å². The largest absolute Gasteiger partial charge is 0.573 e. The summed E-state index contributed by atoms with van der Waals surface area (Å²) in [4.78, 5) is 5.59. The Morgan fingerprint density at radius 3 is 2.44 bits per heavy atom. The summed E-state index contributed by atoms with van der Waals surface area (Å²) in [6.45, 7) is 3.07. The Labute approximate surface area is 144 Å². The minimum atomic E-state index is -4.71. The van der Waals surface area contributed by atoms with Gasteiger partial charge in [-0.05, 0) is 41.8 Å². The molecule has 7 heteroatoms. The zero-order valence-corrected chi connectivity index (χ0v) is 13.9. The van der Waals surface area contributed by atoms with Crippen LogP contribution in [0.5, 0.6) is 5.75 Å². The molecule has 0 aromatic heterocycles. The van der Waals surface area contributed by atoms with Crippen molar-refractivity contribution in [2.24, 2.45) is 0 Å². The SMILES string of the molecule is CN1CNC(C)(c2cccc(-c3cccc(OC(F)(F)F)c3)c2)CO1. The molecule has 0 radical (unpaired) electrons. The average molecular weight is 352 g/mol. The van der Waals surface area contributed by atoms with Crippen LogP contribution in [0, 0.1) is 0 Å². The highest BCUT2D eigenvalue weighted by molar-refractivity contribution is 5.66. The molecule has 0 saturated carbocycles. The molecule has 1 fully saturated rings. The molecule has 1 atom stereocenters. The molecule has 134 valence electrons. The Bertz CT molecular complexity index is 741. The van der Waals surface area contributed by atoms with E-state index in [9.17, 15) is 13.2 Å². The van der Waals surface area contributed by atoms with Gasteiger partial charge >= 0.3 is 6.36 Å². The number of nitrogens with zero attached hydrogens (tertiary/aromatic N) is 1. The first-order chi connectivity index (χ1) is 11.8. The Kier molecular flexibility index (Phi) is 4.73. The maximum Gasteiger partial charge on any atom is 0.573 e. The van der Waals surface area contributed by atoms with Gasteiger partial charge in [0.1, 0.15) is 5.75 Å². The van der Waals surface area contributed by atoms with E-state index in [4.69, 9.17) is 4.84 Å². The fraction of sp³-hybridized carbons (Fsp3) is 0.333. The van der Waals surface area contributed by atoms with Crippen molar-refractivity contribution in [3.8, 4) is 16.9 Å². The van der Waals surface area contributed by atoms with Crippen molar-refractivity contribution in [3.63, 3.8) is 0 Å². The second kappa shape index (κ2) is 6.67. The molecular weight excluding hydrogens is 333 g/mol. The summed E-state index contributed by atoms with van der Waals surface area (Å²) in [7, 11) is 1.84. The van der Waals surface area contributed by atoms with E-state index in [-0.39, 0.29) is 11.3 Å².